The van der Waals surface area contributed by atoms with Gasteiger partial charge in [0.15, 0.2) is 16.7 Å². The van der Waals surface area contributed by atoms with Crippen molar-refractivity contribution >= 4 is 33.4 Å². The van der Waals surface area contributed by atoms with Crippen LogP contribution in [0.4, 0.5) is 9.52 Å². The van der Waals surface area contributed by atoms with Crippen molar-refractivity contribution in [2.45, 2.75) is 0 Å². The fourth-order valence-electron chi connectivity index (χ4n) is 1.25. The Bertz CT molecular complexity index is 489. The molecule has 0 amide bonds. The van der Waals surface area contributed by atoms with Crippen molar-refractivity contribution < 1.29 is 9.13 Å². The van der Waals surface area contributed by atoms with E-state index in [-0.39, 0.29) is 22.7 Å². The number of benzene rings is 1. The molecule has 1 aromatic heterocycles. The lowest BCUT2D eigenvalue weighted by Crippen LogP contribution is -1.89. The maximum Gasteiger partial charge on any atom is 0.180 e. The SMILES string of the molecule is Br.COc1ccc(-c2csc(N)n2)cc1F. The number of thiazole rings is 1. The molecular weight excluding hydrogens is 295 g/mol. The third-order valence-electron chi connectivity index (χ3n) is 1.97. The normalized spacial score (nSPS) is 9.62. The first-order chi connectivity index (χ1) is 7.20. The lowest BCUT2D eigenvalue weighted by molar-refractivity contribution is 0.386. The van der Waals surface area contributed by atoms with Crippen LogP contribution in [0, 0.1) is 5.82 Å². The average Bonchev–Trinajstić information content (AvgIpc) is 2.65. The number of nitrogens with zero attached hydrogens (tertiary/aromatic N) is 1. The second-order valence-corrected chi connectivity index (χ2v) is 3.81. The van der Waals surface area contributed by atoms with Crippen LogP contribution in [0.2, 0.25) is 0 Å². The largest absolute Gasteiger partial charge is 0.494 e. The predicted molar refractivity (Wildman–Crippen MR) is 68.8 cm³/mol. The molecule has 0 atom stereocenters. The number of nitrogens with two attached hydrogens (primary N) is 1. The Morgan fingerprint density at radius 3 is 2.69 bits per heavy atom. The topological polar surface area (TPSA) is 48.1 Å². The monoisotopic (exact) mass is 304 g/mol. The van der Waals surface area contributed by atoms with Gasteiger partial charge in [0, 0.05) is 10.9 Å². The van der Waals surface area contributed by atoms with E-state index in [2.05, 4.69) is 4.98 Å². The average molecular weight is 305 g/mol. The number of aromatic nitrogens is 1. The Morgan fingerprint density at radius 1 is 1.44 bits per heavy atom. The predicted octanol–water partition coefficient (Wildman–Crippen LogP) is 3.12. The summed E-state index contributed by atoms with van der Waals surface area (Å²) in [6.45, 7) is 0. The second-order valence-electron chi connectivity index (χ2n) is 2.92. The Hall–Kier alpha value is -1.14. The van der Waals surface area contributed by atoms with E-state index in [4.69, 9.17) is 10.5 Å². The van der Waals surface area contributed by atoms with E-state index in [1.807, 2.05) is 0 Å². The number of methoxy groups -OCH3 is 1. The van der Waals surface area contributed by atoms with Gasteiger partial charge in [-0.1, -0.05) is 0 Å². The highest BCUT2D eigenvalue weighted by atomic mass is 79.9. The zero-order chi connectivity index (χ0) is 10.8. The number of anilines is 1. The van der Waals surface area contributed by atoms with Crippen molar-refractivity contribution in [3.8, 4) is 17.0 Å². The van der Waals surface area contributed by atoms with E-state index in [0.29, 0.717) is 16.4 Å². The van der Waals surface area contributed by atoms with Gasteiger partial charge < -0.3 is 10.5 Å². The summed E-state index contributed by atoms with van der Waals surface area (Å²) in [6.07, 6.45) is 0. The molecule has 0 bridgehead atoms. The molecule has 0 radical (unpaired) electrons. The van der Waals surface area contributed by atoms with Crippen molar-refractivity contribution in [3.05, 3.63) is 29.4 Å². The van der Waals surface area contributed by atoms with E-state index in [1.165, 1.54) is 24.5 Å². The summed E-state index contributed by atoms with van der Waals surface area (Å²) in [7, 11) is 1.43. The van der Waals surface area contributed by atoms with Crippen LogP contribution >= 0.6 is 28.3 Å². The zero-order valence-electron chi connectivity index (χ0n) is 8.44. The van der Waals surface area contributed by atoms with Gasteiger partial charge in [0.05, 0.1) is 12.8 Å². The smallest absolute Gasteiger partial charge is 0.180 e. The first-order valence-electron chi connectivity index (χ1n) is 4.25. The Morgan fingerprint density at radius 2 is 2.19 bits per heavy atom. The van der Waals surface area contributed by atoms with Gasteiger partial charge in [-0.2, -0.15) is 0 Å². The van der Waals surface area contributed by atoms with Crippen LogP contribution in [-0.4, -0.2) is 12.1 Å². The van der Waals surface area contributed by atoms with Gasteiger partial charge in [-0.05, 0) is 18.2 Å². The quantitative estimate of drug-likeness (QED) is 0.927. The van der Waals surface area contributed by atoms with Crippen LogP contribution in [-0.2, 0) is 0 Å². The minimum absolute atomic E-state index is 0. The number of hydrogen-bond acceptors (Lipinski definition) is 4. The lowest BCUT2D eigenvalue weighted by Gasteiger charge is -2.02. The van der Waals surface area contributed by atoms with Crippen molar-refractivity contribution in [3.63, 3.8) is 0 Å². The number of hydrogen-bond donors (Lipinski definition) is 1. The molecule has 6 heteroatoms. The number of rotatable bonds is 2. The lowest BCUT2D eigenvalue weighted by atomic mass is 10.1. The zero-order valence-corrected chi connectivity index (χ0v) is 11.0. The maximum atomic E-state index is 13.4. The van der Waals surface area contributed by atoms with Gasteiger partial charge in [0.2, 0.25) is 0 Å². The molecule has 0 fully saturated rings. The summed E-state index contributed by atoms with van der Waals surface area (Å²) in [5.74, 6) is -0.177. The van der Waals surface area contributed by atoms with E-state index in [9.17, 15) is 4.39 Å². The van der Waals surface area contributed by atoms with Crippen LogP contribution in [0.3, 0.4) is 0 Å². The third-order valence-corrected chi connectivity index (χ3v) is 2.64. The van der Waals surface area contributed by atoms with Gasteiger partial charge in [-0.15, -0.1) is 28.3 Å². The molecule has 0 aliphatic carbocycles. The van der Waals surface area contributed by atoms with Crippen LogP contribution in [0.5, 0.6) is 5.75 Å². The minimum atomic E-state index is -0.401. The van der Waals surface area contributed by atoms with E-state index < -0.39 is 5.82 Å². The molecule has 2 N–H and O–H groups in total. The van der Waals surface area contributed by atoms with Crippen molar-refractivity contribution in [1.29, 1.82) is 0 Å². The van der Waals surface area contributed by atoms with Crippen molar-refractivity contribution in [1.82, 2.24) is 4.98 Å². The van der Waals surface area contributed by atoms with E-state index in [0.717, 1.165) is 0 Å². The molecule has 0 saturated heterocycles. The molecule has 0 spiro atoms. The first kappa shape index (κ1) is 12.9. The van der Waals surface area contributed by atoms with Crippen LogP contribution < -0.4 is 10.5 Å². The van der Waals surface area contributed by atoms with Gasteiger partial charge >= 0.3 is 0 Å². The highest BCUT2D eigenvalue weighted by molar-refractivity contribution is 8.93. The summed E-state index contributed by atoms with van der Waals surface area (Å²) in [4.78, 5) is 4.07. The number of ether oxygens (including phenoxy) is 1. The van der Waals surface area contributed by atoms with E-state index in [1.54, 1.807) is 17.5 Å². The van der Waals surface area contributed by atoms with Gasteiger partial charge in [-0.3, -0.25) is 0 Å². The maximum absolute atomic E-state index is 13.4. The molecule has 0 saturated carbocycles. The molecule has 0 unspecified atom stereocenters. The van der Waals surface area contributed by atoms with E-state index >= 15 is 0 Å². The van der Waals surface area contributed by atoms with Crippen molar-refractivity contribution in [2.24, 2.45) is 0 Å². The van der Waals surface area contributed by atoms with Crippen LogP contribution in [0.25, 0.3) is 11.3 Å². The summed E-state index contributed by atoms with van der Waals surface area (Å²) in [5.41, 5.74) is 6.87. The highest BCUT2D eigenvalue weighted by Crippen LogP contribution is 2.27. The molecule has 1 aromatic carbocycles. The molecule has 3 nitrogen and oxygen atoms in total. The Kier molecular flexibility index (Phi) is 4.26. The molecule has 1 heterocycles. The second kappa shape index (κ2) is 5.27. The molecular formula is C10H10BrFN2OS. The molecule has 0 aliphatic heterocycles. The fourth-order valence-corrected chi connectivity index (χ4v) is 1.82. The fraction of sp³-hybridized carbons (Fsp3) is 0.100. The molecule has 86 valence electrons. The van der Waals surface area contributed by atoms with Gasteiger partial charge in [0.1, 0.15) is 0 Å². The summed E-state index contributed by atoms with van der Waals surface area (Å²) in [6, 6.07) is 4.70. The van der Waals surface area contributed by atoms with Gasteiger partial charge in [0.25, 0.3) is 0 Å². The first-order valence-corrected chi connectivity index (χ1v) is 5.13. The molecule has 2 aromatic rings. The summed E-state index contributed by atoms with van der Waals surface area (Å²) >= 11 is 1.33. The molecule has 0 aliphatic rings. The number of nitrogen functional groups attached to an aromatic ring is 1. The summed E-state index contributed by atoms with van der Waals surface area (Å²) in [5, 5.41) is 2.26. The Labute approximate surface area is 107 Å². The third kappa shape index (κ3) is 2.51. The van der Waals surface area contributed by atoms with Crippen LogP contribution in [0.15, 0.2) is 23.6 Å². The Balaban J connectivity index is 0.00000128. The van der Waals surface area contributed by atoms with Crippen molar-refractivity contribution in [2.75, 3.05) is 12.8 Å². The highest BCUT2D eigenvalue weighted by Gasteiger charge is 2.07. The molecule has 2 rings (SSSR count). The standard InChI is InChI=1S/C10H9FN2OS.BrH/c1-14-9-3-2-6(4-7(9)11)8-5-15-10(12)13-8;/h2-5H,1H3,(H2,12,13);1H. The number of halogens is 2. The van der Waals surface area contributed by atoms with Gasteiger partial charge in [-0.25, -0.2) is 9.37 Å². The minimum Gasteiger partial charge on any atom is -0.494 e. The summed E-state index contributed by atoms with van der Waals surface area (Å²) < 4.78 is 18.2. The van der Waals surface area contributed by atoms with Crippen LogP contribution in [0.1, 0.15) is 0 Å². The molecule has 16 heavy (non-hydrogen) atoms.